The molecule has 0 bridgehead atoms. The molecule has 0 fully saturated rings. The van der Waals surface area contributed by atoms with Gasteiger partial charge in [-0.25, -0.2) is 4.39 Å². The van der Waals surface area contributed by atoms with Crippen LogP contribution in [0.25, 0.3) is 10.9 Å². The lowest BCUT2D eigenvalue weighted by atomic mass is 10.0. The number of aromatic amines is 1. The van der Waals surface area contributed by atoms with E-state index in [1.165, 1.54) is 6.07 Å². The number of aromatic nitrogens is 1. The maximum absolute atomic E-state index is 13.3. The Kier molecular flexibility index (Phi) is 1.88. The highest BCUT2D eigenvalue weighted by Gasteiger charge is 2.10. The van der Waals surface area contributed by atoms with E-state index in [0.717, 1.165) is 17.2 Å². The minimum Gasteiger partial charge on any atom is -0.360 e. The Bertz CT molecular complexity index is 513. The van der Waals surface area contributed by atoms with Gasteiger partial charge in [-0.2, -0.15) is 0 Å². The van der Waals surface area contributed by atoms with Crippen molar-refractivity contribution in [2.45, 2.75) is 13.8 Å². The average Bonchev–Trinajstić information content (AvgIpc) is 2.57. The second-order valence-electron chi connectivity index (χ2n) is 3.39. The number of carbonyl (C=O) groups excluding carboxylic acids is 1. The summed E-state index contributed by atoms with van der Waals surface area (Å²) in [5.41, 5.74) is 2.68. The summed E-state index contributed by atoms with van der Waals surface area (Å²) in [6.45, 7) is 3.53. The van der Waals surface area contributed by atoms with Gasteiger partial charge in [0.1, 0.15) is 5.82 Å². The Labute approximate surface area is 80.7 Å². The van der Waals surface area contributed by atoms with Crippen molar-refractivity contribution in [3.8, 4) is 0 Å². The number of halogens is 1. The van der Waals surface area contributed by atoms with Gasteiger partial charge < -0.3 is 4.98 Å². The van der Waals surface area contributed by atoms with Gasteiger partial charge in [0, 0.05) is 22.7 Å². The number of nitrogens with one attached hydrogen (secondary N) is 1. The smallest absolute Gasteiger partial charge is 0.152 e. The predicted octanol–water partition coefficient (Wildman–Crippen LogP) is 2.74. The predicted molar refractivity (Wildman–Crippen MR) is 53.1 cm³/mol. The fourth-order valence-electron chi connectivity index (χ4n) is 1.68. The molecule has 0 aliphatic carbocycles. The van der Waals surface area contributed by atoms with Gasteiger partial charge in [0.25, 0.3) is 0 Å². The quantitative estimate of drug-likeness (QED) is 0.691. The lowest BCUT2D eigenvalue weighted by molar-refractivity contribution is 0.112. The van der Waals surface area contributed by atoms with E-state index in [0.29, 0.717) is 16.6 Å². The summed E-state index contributed by atoms with van der Waals surface area (Å²) in [6, 6.07) is 1.42. The molecule has 2 aromatic rings. The highest BCUT2D eigenvalue weighted by atomic mass is 19.1. The number of H-pyrrole nitrogens is 1. The molecule has 72 valence electrons. The molecule has 0 unspecified atom stereocenters. The summed E-state index contributed by atoms with van der Waals surface area (Å²) in [5.74, 6) is -0.241. The minimum atomic E-state index is -0.241. The molecule has 0 amide bonds. The number of hydrogen-bond acceptors (Lipinski definition) is 1. The van der Waals surface area contributed by atoms with E-state index in [9.17, 15) is 9.18 Å². The van der Waals surface area contributed by atoms with Crippen LogP contribution in [0.3, 0.4) is 0 Å². The normalized spacial score (nSPS) is 10.8. The van der Waals surface area contributed by atoms with Gasteiger partial charge in [0.05, 0.1) is 0 Å². The number of fused-ring (bicyclic) bond motifs is 1. The van der Waals surface area contributed by atoms with Gasteiger partial charge >= 0.3 is 0 Å². The van der Waals surface area contributed by atoms with Gasteiger partial charge in [-0.3, -0.25) is 4.79 Å². The first-order valence-electron chi connectivity index (χ1n) is 4.37. The van der Waals surface area contributed by atoms with Gasteiger partial charge in [-0.15, -0.1) is 0 Å². The highest BCUT2D eigenvalue weighted by molar-refractivity contribution is 5.99. The Morgan fingerprint density at radius 2 is 2.07 bits per heavy atom. The summed E-state index contributed by atoms with van der Waals surface area (Å²) in [6.07, 6.45) is 2.38. The number of hydrogen-bond donors (Lipinski definition) is 1. The van der Waals surface area contributed by atoms with Crippen molar-refractivity contribution in [3.05, 3.63) is 34.8 Å². The van der Waals surface area contributed by atoms with Gasteiger partial charge in [0.15, 0.2) is 6.29 Å². The van der Waals surface area contributed by atoms with Crippen LogP contribution in [-0.4, -0.2) is 11.3 Å². The molecule has 1 N–H and O–H groups in total. The largest absolute Gasteiger partial charge is 0.360 e. The van der Waals surface area contributed by atoms with E-state index >= 15 is 0 Å². The molecule has 0 spiro atoms. The van der Waals surface area contributed by atoms with Crippen molar-refractivity contribution >= 4 is 17.2 Å². The van der Waals surface area contributed by atoms with Crippen LogP contribution in [0.4, 0.5) is 4.39 Å². The fraction of sp³-hybridized carbons (Fsp3) is 0.182. The molecule has 14 heavy (non-hydrogen) atoms. The van der Waals surface area contributed by atoms with Crippen molar-refractivity contribution in [1.82, 2.24) is 4.98 Å². The maximum Gasteiger partial charge on any atom is 0.152 e. The van der Waals surface area contributed by atoms with Crippen LogP contribution in [0.1, 0.15) is 21.5 Å². The third kappa shape index (κ3) is 1.05. The number of benzene rings is 1. The van der Waals surface area contributed by atoms with Crippen molar-refractivity contribution in [2.24, 2.45) is 0 Å². The standard InChI is InChI=1S/C11H10FNO/c1-6-7(2)11-8(5-14)4-13-10(11)3-9(6)12/h3-5,13H,1-2H3. The molecule has 0 saturated heterocycles. The molecule has 1 heterocycles. The van der Waals surface area contributed by atoms with Crippen molar-refractivity contribution in [1.29, 1.82) is 0 Å². The molecule has 0 radical (unpaired) electrons. The Balaban J connectivity index is 2.95. The molecular formula is C11H10FNO. The molecule has 0 atom stereocenters. The minimum absolute atomic E-state index is 0.241. The summed E-state index contributed by atoms with van der Waals surface area (Å²) in [4.78, 5) is 13.6. The van der Waals surface area contributed by atoms with E-state index < -0.39 is 0 Å². The fourth-order valence-corrected chi connectivity index (χ4v) is 1.68. The monoisotopic (exact) mass is 191 g/mol. The second-order valence-corrected chi connectivity index (χ2v) is 3.39. The molecular weight excluding hydrogens is 181 g/mol. The Hall–Kier alpha value is -1.64. The van der Waals surface area contributed by atoms with E-state index in [1.54, 1.807) is 13.1 Å². The van der Waals surface area contributed by atoms with Crippen molar-refractivity contribution < 1.29 is 9.18 Å². The summed E-state index contributed by atoms with van der Waals surface area (Å²) in [5, 5.41) is 0.818. The summed E-state index contributed by atoms with van der Waals surface area (Å²) >= 11 is 0. The number of aryl methyl sites for hydroxylation is 1. The molecule has 0 aliphatic heterocycles. The Morgan fingerprint density at radius 1 is 1.36 bits per heavy atom. The first-order valence-corrected chi connectivity index (χ1v) is 4.37. The summed E-state index contributed by atoms with van der Waals surface area (Å²) in [7, 11) is 0. The van der Waals surface area contributed by atoms with Crippen molar-refractivity contribution in [3.63, 3.8) is 0 Å². The molecule has 2 nitrogen and oxygen atoms in total. The summed E-state index contributed by atoms with van der Waals surface area (Å²) < 4.78 is 13.3. The topological polar surface area (TPSA) is 32.9 Å². The second kappa shape index (κ2) is 2.94. The van der Waals surface area contributed by atoms with Gasteiger partial charge in [0.2, 0.25) is 0 Å². The van der Waals surface area contributed by atoms with E-state index in [-0.39, 0.29) is 5.82 Å². The SMILES string of the molecule is Cc1c(F)cc2[nH]cc(C=O)c2c1C. The number of carbonyl (C=O) groups is 1. The maximum atomic E-state index is 13.3. The Morgan fingerprint density at radius 3 is 2.71 bits per heavy atom. The van der Waals surface area contributed by atoms with Crippen LogP contribution in [0.15, 0.2) is 12.3 Å². The molecule has 3 heteroatoms. The third-order valence-electron chi connectivity index (χ3n) is 2.63. The van der Waals surface area contributed by atoms with Gasteiger partial charge in [-0.05, 0) is 31.0 Å². The van der Waals surface area contributed by atoms with Crippen LogP contribution in [-0.2, 0) is 0 Å². The highest BCUT2D eigenvalue weighted by Crippen LogP contribution is 2.25. The molecule has 0 aliphatic rings. The van der Waals surface area contributed by atoms with E-state index in [1.807, 2.05) is 6.92 Å². The molecule has 0 saturated carbocycles. The van der Waals surface area contributed by atoms with E-state index in [2.05, 4.69) is 4.98 Å². The zero-order chi connectivity index (χ0) is 10.3. The first kappa shape index (κ1) is 8.94. The van der Waals surface area contributed by atoms with E-state index in [4.69, 9.17) is 0 Å². The molecule has 2 rings (SSSR count). The molecule has 1 aromatic heterocycles. The lowest BCUT2D eigenvalue weighted by Gasteiger charge is -2.03. The van der Waals surface area contributed by atoms with Crippen LogP contribution >= 0.6 is 0 Å². The van der Waals surface area contributed by atoms with Crippen LogP contribution in [0.5, 0.6) is 0 Å². The number of rotatable bonds is 1. The number of aldehydes is 1. The lowest BCUT2D eigenvalue weighted by Crippen LogP contribution is -1.89. The van der Waals surface area contributed by atoms with Crippen LogP contribution in [0, 0.1) is 19.7 Å². The molecule has 1 aromatic carbocycles. The van der Waals surface area contributed by atoms with Crippen LogP contribution in [0.2, 0.25) is 0 Å². The third-order valence-corrected chi connectivity index (χ3v) is 2.63. The van der Waals surface area contributed by atoms with Gasteiger partial charge in [-0.1, -0.05) is 0 Å². The average molecular weight is 191 g/mol. The zero-order valence-corrected chi connectivity index (χ0v) is 8.02. The van der Waals surface area contributed by atoms with Crippen molar-refractivity contribution in [2.75, 3.05) is 0 Å². The first-order chi connectivity index (χ1) is 6.65. The zero-order valence-electron chi connectivity index (χ0n) is 8.02. The van der Waals surface area contributed by atoms with Crippen LogP contribution < -0.4 is 0 Å².